The first-order chi connectivity index (χ1) is 5.33. The van der Waals surface area contributed by atoms with E-state index in [1.807, 2.05) is 0 Å². The average molecular weight is 152 g/mol. The van der Waals surface area contributed by atoms with Crippen molar-refractivity contribution in [3.05, 3.63) is 0 Å². The van der Waals surface area contributed by atoms with E-state index in [4.69, 9.17) is 0 Å². The van der Waals surface area contributed by atoms with Gasteiger partial charge in [0, 0.05) is 0 Å². The third kappa shape index (κ3) is 0.807. The quantitative estimate of drug-likeness (QED) is 0.561. The predicted molar refractivity (Wildman–Crippen MR) is 43.1 cm³/mol. The van der Waals surface area contributed by atoms with Crippen LogP contribution in [0.15, 0.2) is 0 Å². The molecular formula is C10H16O. The number of fused-ring (bicyclic) bond motifs is 2. The van der Waals surface area contributed by atoms with E-state index in [1.54, 1.807) is 0 Å². The zero-order valence-electron chi connectivity index (χ0n) is 6.87. The van der Waals surface area contributed by atoms with Crippen LogP contribution in [0, 0.1) is 23.7 Å². The molecule has 3 aliphatic carbocycles. The summed E-state index contributed by atoms with van der Waals surface area (Å²) in [6.07, 6.45) is 6.83. The van der Waals surface area contributed by atoms with Gasteiger partial charge < -0.3 is 5.11 Å². The first kappa shape index (κ1) is 6.47. The van der Waals surface area contributed by atoms with Crippen molar-refractivity contribution in [2.45, 2.75) is 38.2 Å². The van der Waals surface area contributed by atoms with Crippen LogP contribution in [0.3, 0.4) is 0 Å². The fourth-order valence-corrected chi connectivity index (χ4v) is 3.84. The second-order valence-electron chi connectivity index (χ2n) is 4.89. The van der Waals surface area contributed by atoms with Crippen molar-refractivity contribution in [3.8, 4) is 0 Å². The van der Waals surface area contributed by atoms with E-state index in [0.717, 1.165) is 24.2 Å². The van der Waals surface area contributed by atoms with Gasteiger partial charge in [-0.25, -0.2) is 0 Å². The molecule has 0 aliphatic heterocycles. The third-order valence-corrected chi connectivity index (χ3v) is 4.27. The van der Waals surface area contributed by atoms with Crippen LogP contribution in [0.25, 0.3) is 0 Å². The van der Waals surface area contributed by atoms with Crippen molar-refractivity contribution in [3.63, 3.8) is 0 Å². The van der Waals surface area contributed by atoms with Crippen molar-refractivity contribution < 1.29 is 5.11 Å². The molecule has 62 valence electrons. The van der Waals surface area contributed by atoms with E-state index in [1.165, 1.54) is 25.7 Å². The fraction of sp³-hybridized carbons (Fsp3) is 1.00. The largest absolute Gasteiger partial charge is 0.393 e. The van der Waals surface area contributed by atoms with Crippen molar-refractivity contribution in [1.29, 1.82) is 0 Å². The zero-order valence-corrected chi connectivity index (χ0v) is 6.87. The summed E-state index contributed by atoms with van der Waals surface area (Å²) < 4.78 is 0. The summed E-state index contributed by atoms with van der Waals surface area (Å²) in [6, 6.07) is 0. The Balaban J connectivity index is 1.93. The lowest BCUT2D eigenvalue weighted by atomic mass is 9.71. The predicted octanol–water partition coefficient (Wildman–Crippen LogP) is 1.80. The molecule has 1 nitrogen and oxygen atoms in total. The number of hydrogen-bond donors (Lipinski definition) is 1. The Morgan fingerprint density at radius 3 is 2.18 bits per heavy atom. The Labute approximate surface area is 67.8 Å². The molecule has 0 saturated heterocycles. The van der Waals surface area contributed by atoms with Gasteiger partial charge in [0.1, 0.15) is 0 Å². The van der Waals surface area contributed by atoms with E-state index >= 15 is 0 Å². The second kappa shape index (κ2) is 2.01. The molecule has 0 aromatic carbocycles. The topological polar surface area (TPSA) is 20.2 Å². The van der Waals surface area contributed by atoms with Crippen LogP contribution in [0.4, 0.5) is 0 Å². The molecule has 0 unspecified atom stereocenters. The number of hydrogen-bond acceptors (Lipinski definition) is 1. The zero-order chi connectivity index (χ0) is 7.42. The van der Waals surface area contributed by atoms with Crippen molar-refractivity contribution in [1.82, 2.24) is 0 Å². The van der Waals surface area contributed by atoms with Gasteiger partial charge in [0.05, 0.1) is 6.10 Å². The Kier molecular flexibility index (Phi) is 1.18. The van der Waals surface area contributed by atoms with Crippen LogP contribution in [-0.2, 0) is 0 Å². The number of aliphatic hydroxyl groups is 1. The number of rotatable bonds is 0. The van der Waals surface area contributed by atoms with Gasteiger partial charge in [-0.3, -0.25) is 0 Å². The molecule has 3 saturated carbocycles. The maximum atomic E-state index is 9.72. The lowest BCUT2D eigenvalue weighted by molar-refractivity contribution is 0.0145. The maximum Gasteiger partial charge on any atom is 0.0571 e. The molecule has 0 aromatic heterocycles. The highest BCUT2D eigenvalue weighted by molar-refractivity contribution is 4.98. The molecule has 0 amide bonds. The van der Waals surface area contributed by atoms with Gasteiger partial charge in [-0.15, -0.1) is 0 Å². The molecule has 3 rings (SSSR count). The van der Waals surface area contributed by atoms with Crippen LogP contribution in [0.5, 0.6) is 0 Å². The Morgan fingerprint density at radius 1 is 0.727 bits per heavy atom. The van der Waals surface area contributed by atoms with Gasteiger partial charge in [-0.05, 0) is 55.8 Å². The summed E-state index contributed by atoms with van der Waals surface area (Å²) in [5, 5.41) is 9.72. The standard InChI is InChI=1S/C10H16O/c11-10-5-8-2-6-1-7(8)4-9(10)3-6/h6-11H,1-5H2/t6-,7-,8-,9+,10-/m1/s1. The molecule has 0 spiro atoms. The normalized spacial score (nSPS) is 60.3. The molecule has 0 aromatic rings. The average Bonchev–Trinajstić information content (AvgIpc) is 2.19. The highest BCUT2D eigenvalue weighted by Crippen LogP contribution is 2.54. The summed E-state index contributed by atoms with van der Waals surface area (Å²) in [4.78, 5) is 0. The van der Waals surface area contributed by atoms with E-state index in [-0.39, 0.29) is 6.10 Å². The lowest BCUT2D eigenvalue weighted by Gasteiger charge is -2.37. The van der Waals surface area contributed by atoms with Crippen molar-refractivity contribution in [2.75, 3.05) is 0 Å². The highest BCUT2D eigenvalue weighted by atomic mass is 16.3. The lowest BCUT2D eigenvalue weighted by Crippen LogP contribution is -2.34. The molecule has 1 heteroatoms. The SMILES string of the molecule is O[C@@H]1C[C@H]2C[C@H]3C[C@@H]2C[C@@H]1C3. The summed E-state index contributed by atoms with van der Waals surface area (Å²) in [6.45, 7) is 0. The van der Waals surface area contributed by atoms with Crippen LogP contribution in [0.2, 0.25) is 0 Å². The first-order valence-electron chi connectivity index (χ1n) is 5.01. The maximum absolute atomic E-state index is 9.72. The fourth-order valence-electron chi connectivity index (χ4n) is 3.84. The van der Waals surface area contributed by atoms with Gasteiger partial charge >= 0.3 is 0 Å². The molecule has 3 aliphatic rings. The summed E-state index contributed by atoms with van der Waals surface area (Å²) in [7, 11) is 0. The van der Waals surface area contributed by atoms with Crippen LogP contribution < -0.4 is 0 Å². The van der Waals surface area contributed by atoms with Crippen molar-refractivity contribution in [2.24, 2.45) is 23.7 Å². The van der Waals surface area contributed by atoms with Gasteiger partial charge in [0.25, 0.3) is 0 Å². The van der Waals surface area contributed by atoms with Gasteiger partial charge in [0.15, 0.2) is 0 Å². The highest BCUT2D eigenvalue weighted by Gasteiger charge is 2.47. The number of aliphatic hydroxyl groups excluding tert-OH is 1. The summed E-state index contributed by atoms with van der Waals surface area (Å²) in [5.74, 6) is 3.62. The van der Waals surface area contributed by atoms with E-state index in [0.29, 0.717) is 5.92 Å². The second-order valence-corrected chi connectivity index (χ2v) is 4.89. The molecule has 0 heterocycles. The van der Waals surface area contributed by atoms with E-state index in [2.05, 4.69) is 0 Å². The van der Waals surface area contributed by atoms with E-state index < -0.39 is 0 Å². The van der Waals surface area contributed by atoms with Gasteiger partial charge in [-0.2, -0.15) is 0 Å². The Morgan fingerprint density at radius 2 is 1.36 bits per heavy atom. The third-order valence-electron chi connectivity index (χ3n) is 4.27. The first-order valence-corrected chi connectivity index (χ1v) is 5.01. The smallest absolute Gasteiger partial charge is 0.0571 e. The van der Waals surface area contributed by atoms with Crippen LogP contribution >= 0.6 is 0 Å². The van der Waals surface area contributed by atoms with Crippen LogP contribution in [0.1, 0.15) is 32.1 Å². The molecular weight excluding hydrogens is 136 g/mol. The minimum absolute atomic E-state index is 0.0709. The molecule has 3 bridgehead atoms. The Bertz CT molecular complexity index is 174. The molecule has 1 N–H and O–H groups in total. The molecule has 3 fully saturated rings. The molecule has 11 heavy (non-hydrogen) atoms. The van der Waals surface area contributed by atoms with Crippen LogP contribution in [-0.4, -0.2) is 11.2 Å². The minimum atomic E-state index is 0.0709. The van der Waals surface area contributed by atoms with Gasteiger partial charge in [-0.1, -0.05) is 0 Å². The monoisotopic (exact) mass is 152 g/mol. The molecule has 0 radical (unpaired) electrons. The summed E-state index contributed by atoms with van der Waals surface area (Å²) >= 11 is 0. The molecule has 5 atom stereocenters. The minimum Gasteiger partial charge on any atom is -0.393 e. The van der Waals surface area contributed by atoms with Gasteiger partial charge in [0.2, 0.25) is 0 Å². The Hall–Kier alpha value is -0.0400. The summed E-state index contributed by atoms with van der Waals surface area (Å²) in [5.41, 5.74) is 0. The van der Waals surface area contributed by atoms with E-state index in [9.17, 15) is 5.11 Å². The van der Waals surface area contributed by atoms with Crippen molar-refractivity contribution >= 4 is 0 Å².